The van der Waals surface area contributed by atoms with Gasteiger partial charge < -0.3 is 5.43 Å². The van der Waals surface area contributed by atoms with Gasteiger partial charge in [-0.05, 0) is 24.6 Å². The lowest BCUT2D eigenvalue weighted by Gasteiger charge is -2.08. The van der Waals surface area contributed by atoms with Crippen molar-refractivity contribution in [2.75, 3.05) is 5.43 Å². The van der Waals surface area contributed by atoms with Crippen LogP contribution in [-0.2, 0) is 6.42 Å². The molecule has 0 spiro atoms. The number of hydrazine groups is 1. The topological polar surface area (TPSA) is 63.8 Å². The maximum atomic E-state index is 6.17. The normalized spacial score (nSPS) is 10.4. The highest BCUT2D eigenvalue weighted by atomic mass is 79.9. The summed E-state index contributed by atoms with van der Waals surface area (Å²) in [6.45, 7) is 2.02. The van der Waals surface area contributed by atoms with Crippen LogP contribution in [0.5, 0.6) is 0 Å². The minimum Gasteiger partial charge on any atom is -0.308 e. The highest BCUT2D eigenvalue weighted by molar-refractivity contribution is 9.10. The number of benzene rings is 1. The molecule has 0 bridgehead atoms. The third-order valence-electron chi connectivity index (χ3n) is 2.46. The highest BCUT2D eigenvalue weighted by Gasteiger charge is 2.10. The molecule has 0 atom stereocenters. The third kappa shape index (κ3) is 2.80. The molecule has 1 aromatic carbocycles. The first-order valence-corrected chi connectivity index (χ1v) is 6.61. The van der Waals surface area contributed by atoms with E-state index in [0.717, 1.165) is 22.2 Å². The van der Waals surface area contributed by atoms with Crippen molar-refractivity contribution in [3.63, 3.8) is 0 Å². The second kappa shape index (κ2) is 5.65. The van der Waals surface area contributed by atoms with Crippen LogP contribution in [0.4, 0.5) is 5.82 Å². The number of hydrogen-bond acceptors (Lipinski definition) is 4. The van der Waals surface area contributed by atoms with Crippen LogP contribution in [0.3, 0.4) is 0 Å². The van der Waals surface area contributed by atoms with E-state index in [1.54, 1.807) is 6.07 Å². The van der Waals surface area contributed by atoms with Crippen LogP contribution in [0.15, 0.2) is 28.7 Å². The van der Waals surface area contributed by atoms with E-state index in [0.29, 0.717) is 16.7 Å². The fraction of sp³-hybridized carbons (Fsp3) is 0.167. The summed E-state index contributed by atoms with van der Waals surface area (Å²) < 4.78 is 0.926. The van der Waals surface area contributed by atoms with Crippen molar-refractivity contribution in [1.82, 2.24) is 9.97 Å². The quantitative estimate of drug-likeness (QED) is 0.670. The van der Waals surface area contributed by atoms with E-state index in [9.17, 15) is 0 Å². The Bertz CT molecular complexity index is 552. The number of halogens is 2. The maximum absolute atomic E-state index is 6.17. The average Bonchev–Trinajstić information content (AvgIpc) is 2.40. The molecule has 0 fully saturated rings. The van der Waals surface area contributed by atoms with Crippen molar-refractivity contribution in [3.05, 3.63) is 39.5 Å². The first-order valence-electron chi connectivity index (χ1n) is 5.44. The van der Waals surface area contributed by atoms with Gasteiger partial charge in [-0.15, -0.1) is 0 Å². The standard InChI is InChI=1S/C12H12BrClN4/c1-2-8-6-11(18-15)17-12(16-8)9-5-7(13)3-4-10(9)14/h3-6H,2,15H2,1H3,(H,16,17,18). The Kier molecular flexibility index (Phi) is 4.16. The summed E-state index contributed by atoms with van der Waals surface area (Å²) in [6, 6.07) is 7.38. The molecule has 1 heterocycles. The van der Waals surface area contributed by atoms with E-state index in [4.69, 9.17) is 17.4 Å². The SMILES string of the molecule is CCc1cc(NN)nc(-c2cc(Br)ccc2Cl)n1. The number of aromatic nitrogens is 2. The van der Waals surface area contributed by atoms with Gasteiger partial charge in [-0.2, -0.15) is 0 Å². The summed E-state index contributed by atoms with van der Waals surface area (Å²) >= 11 is 9.58. The summed E-state index contributed by atoms with van der Waals surface area (Å²) in [7, 11) is 0. The molecule has 6 heteroatoms. The predicted molar refractivity (Wildman–Crippen MR) is 77.4 cm³/mol. The Hall–Kier alpha value is -1.17. The van der Waals surface area contributed by atoms with Crippen LogP contribution in [0.1, 0.15) is 12.6 Å². The maximum Gasteiger partial charge on any atom is 0.163 e. The number of hydrogen-bond donors (Lipinski definition) is 2. The molecule has 3 N–H and O–H groups in total. The van der Waals surface area contributed by atoms with Gasteiger partial charge in [-0.25, -0.2) is 15.8 Å². The van der Waals surface area contributed by atoms with Gasteiger partial charge in [-0.1, -0.05) is 34.5 Å². The molecular weight excluding hydrogens is 316 g/mol. The number of aryl methyl sites for hydroxylation is 1. The smallest absolute Gasteiger partial charge is 0.163 e. The number of nitrogens with two attached hydrogens (primary N) is 1. The molecular formula is C12H12BrClN4. The van der Waals surface area contributed by atoms with Gasteiger partial charge in [0.25, 0.3) is 0 Å². The molecule has 0 aliphatic heterocycles. The zero-order valence-corrected chi connectivity index (χ0v) is 12.1. The monoisotopic (exact) mass is 326 g/mol. The van der Waals surface area contributed by atoms with Gasteiger partial charge in [0.05, 0.1) is 5.02 Å². The molecule has 18 heavy (non-hydrogen) atoms. The second-order valence-corrected chi connectivity index (χ2v) is 5.01. The van der Waals surface area contributed by atoms with Gasteiger partial charge in [0.15, 0.2) is 5.82 Å². The Balaban J connectivity index is 2.58. The average molecular weight is 328 g/mol. The lowest BCUT2D eigenvalue weighted by atomic mass is 10.2. The minimum atomic E-state index is 0.564. The number of nitrogen functional groups attached to an aromatic ring is 1. The summed E-state index contributed by atoms with van der Waals surface area (Å²) in [4.78, 5) is 8.78. The molecule has 1 aromatic heterocycles. The number of rotatable bonds is 3. The van der Waals surface area contributed by atoms with Crippen molar-refractivity contribution in [1.29, 1.82) is 0 Å². The van der Waals surface area contributed by atoms with Gasteiger partial charge >= 0.3 is 0 Å². The van der Waals surface area contributed by atoms with Gasteiger partial charge in [0.1, 0.15) is 5.82 Å². The van der Waals surface area contributed by atoms with Gasteiger partial charge in [0, 0.05) is 21.8 Å². The summed E-state index contributed by atoms with van der Waals surface area (Å²) in [5.41, 5.74) is 4.22. The molecule has 2 rings (SSSR count). The van der Waals surface area contributed by atoms with Crippen LogP contribution in [0.25, 0.3) is 11.4 Å². The first-order chi connectivity index (χ1) is 8.63. The van der Waals surface area contributed by atoms with Crippen molar-refractivity contribution >= 4 is 33.3 Å². The molecule has 94 valence electrons. The van der Waals surface area contributed by atoms with Gasteiger partial charge in [0.2, 0.25) is 0 Å². The molecule has 0 amide bonds. The predicted octanol–water partition coefficient (Wildman–Crippen LogP) is 3.41. The molecule has 4 nitrogen and oxygen atoms in total. The highest BCUT2D eigenvalue weighted by Crippen LogP contribution is 2.29. The minimum absolute atomic E-state index is 0.564. The second-order valence-electron chi connectivity index (χ2n) is 3.69. The van der Waals surface area contributed by atoms with E-state index >= 15 is 0 Å². The largest absolute Gasteiger partial charge is 0.308 e. The Morgan fingerprint density at radius 1 is 1.33 bits per heavy atom. The van der Waals surface area contributed by atoms with Crippen LogP contribution in [0.2, 0.25) is 5.02 Å². The van der Waals surface area contributed by atoms with Crippen LogP contribution >= 0.6 is 27.5 Å². The van der Waals surface area contributed by atoms with E-state index in [2.05, 4.69) is 31.3 Å². The van der Waals surface area contributed by atoms with E-state index < -0.39 is 0 Å². The Labute approximate surface area is 119 Å². The number of nitrogens with one attached hydrogen (secondary N) is 1. The number of anilines is 1. The van der Waals surface area contributed by atoms with Crippen molar-refractivity contribution < 1.29 is 0 Å². The van der Waals surface area contributed by atoms with Crippen molar-refractivity contribution in [2.45, 2.75) is 13.3 Å². The third-order valence-corrected chi connectivity index (χ3v) is 3.28. The summed E-state index contributed by atoms with van der Waals surface area (Å²) in [5.74, 6) is 6.55. The molecule has 0 unspecified atom stereocenters. The molecule has 2 aromatic rings. The van der Waals surface area contributed by atoms with Crippen LogP contribution in [-0.4, -0.2) is 9.97 Å². The van der Waals surface area contributed by atoms with E-state index in [1.165, 1.54) is 0 Å². The van der Waals surface area contributed by atoms with Gasteiger partial charge in [-0.3, -0.25) is 0 Å². The Morgan fingerprint density at radius 3 is 2.78 bits per heavy atom. The lowest BCUT2D eigenvalue weighted by molar-refractivity contribution is 1.00. The molecule has 0 radical (unpaired) electrons. The zero-order chi connectivity index (χ0) is 13.1. The van der Waals surface area contributed by atoms with E-state index in [-0.39, 0.29) is 0 Å². The van der Waals surface area contributed by atoms with Crippen molar-refractivity contribution in [2.24, 2.45) is 5.84 Å². The van der Waals surface area contributed by atoms with Crippen LogP contribution in [0, 0.1) is 0 Å². The van der Waals surface area contributed by atoms with E-state index in [1.807, 2.05) is 25.1 Å². The summed E-state index contributed by atoms with van der Waals surface area (Å²) in [5, 5.41) is 0.606. The molecule has 0 aliphatic carbocycles. The number of nitrogens with zero attached hydrogens (tertiary/aromatic N) is 2. The fourth-order valence-corrected chi connectivity index (χ4v) is 2.11. The van der Waals surface area contributed by atoms with Crippen LogP contribution < -0.4 is 11.3 Å². The van der Waals surface area contributed by atoms with Crippen molar-refractivity contribution in [3.8, 4) is 11.4 Å². The fourth-order valence-electron chi connectivity index (χ4n) is 1.54. The Morgan fingerprint density at radius 2 is 2.11 bits per heavy atom. The summed E-state index contributed by atoms with van der Waals surface area (Å²) in [6.07, 6.45) is 0.801. The zero-order valence-electron chi connectivity index (χ0n) is 9.74. The lowest BCUT2D eigenvalue weighted by Crippen LogP contribution is -2.10. The molecule has 0 saturated heterocycles. The molecule has 0 saturated carbocycles. The molecule has 0 aliphatic rings. The first kappa shape index (κ1) is 13.3.